The maximum atomic E-state index is 12.1. The summed E-state index contributed by atoms with van der Waals surface area (Å²) in [5.41, 5.74) is 1.61. The number of likely N-dealkylation sites (N-methyl/N-ethyl adjacent to an activating group) is 1. The van der Waals surface area contributed by atoms with Gasteiger partial charge in [0.05, 0.1) is 11.0 Å². The number of ether oxygens (including phenoxy) is 2. The molecule has 5 heteroatoms. The number of aliphatic hydroxyl groups is 1. The lowest BCUT2D eigenvalue weighted by Gasteiger charge is -2.72. The third kappa shape index (κ3) is 2.45. The maximum absolute atomic E-state index is 12.1. The van der Waals surface area contributed by atoms with E-state index < -0.39 is 11.2 Å². The summed E-state index contributed by atoms with van der Waals surface area (Å²) in [6, 6.07) is 14.6. The quantitative estimate of drug-likeness (QED) is 0.643. The number of hydrogen-bond acceptors (Lipinski definition) is 5. The summed E-state index contributed by atoms with van der Waals surface area (Å²) < 4.78 is 13.3. The van der Waals surface area contributed by atoms with E-state index in [1.807, 2.05) is 13.0 Å². The Kier molecular flexibility index (Phi) is 4.32. The molecular formula is C30H35NO4. The number of aryl methyl sites for hydroxylation is 1. The minimum absolute atomic E-state index is 0.126. The van der Waals surface area contributed by atoms with Crippen molar-refractivity contribution in [1.29, 1.82) is 0 Å². The zero-order valence-corrected chi connectivity index (χ0v) is 20.8. The van der Waals surface area contributed by atoms with E-state index in [0.717, 1.165) is 32.2 Å². The third-order valence-corrected chi connectivity index (χ3v) is 10.6. The summed E-state index contributed by atoms with van der Waals surface area (Å²) in [4.78, 5) is 2.52. The van der Waals surface area contributed by atoms with Crippen molar-refractivity contribution in [1.82, 2.24) is 4.90 Å². The van der Waals surface area contributed by atoms with Crippen LogP contribution in [-0.4, -0.2) is 59.2 Å². The molecule has 7 atom stereocenters. The van der Waals surface area contributed by atoms with Crippen molar-refractivity contribution in [2.45, 2.75) is 67.8 Å². The number of fused-ring (bicyclic) bond motifs is 1. The van der Waals surface area contributed by atoms with Gasteiger partial charge in [-0.05, 0) is 69.8 Å². The largest absolute Gasteiger partial charge is 0.504 e. The van der Waals surface area contributed by atoms with Crippen LogP contribution in [-0.2, 0) is 23.0 Å². The molecule has 0 amide bonds. The van der Waals surface area contributed by atoms with E-state index in [1.165, 1.54) is 16.7 Å². The predicted octanol–water partition coefficient (Wildman–Crippen LogP) is 4.00. The molecule has 5 nitrogen and oxygen atoms in total. The number of rotatable bonds is 5. The first-order valence-corrected chi connectivity index (χ1v) is 13.0. The monoisotopic (exact) mass is 473 g/mol. The maximum Gasteiger partial charge on any atom is 0.165 e. The lowest BCUT2D eigenvalue weighted by molar-refractivity contribution is -0.247. The number of hydrogen-bond donors (Lipinski definition) is 2. The molecule has 8 rings (SSSR count). The molecule has 4 bridgehead atoms. The number of nitrogens with zero attached hydrogens (tertiary/aromatic N) is 1. The minimum Gasteiger partial charge on any atom is -0.504 e. The number of phenols is 1. The molecule has 35 heavy (non-hydrogen) atoms. The van der Waals surface area contributed by atoms with Crippen LogP contribution in [0.5, 0.6) is 11.5 Å². The molecule has 4 aliphatic carbocycles. The number of aromatic hydroxyl groups is 1. The number of methoxy groups -OCH3 is 1. The lowest BCUT2D eigenvalue weighted by atomic mass is 9.36. The molecule has 2 N–H and O–H groups in total. The fraction of sp³-hybridized carbons (Fsp3) is 0.533. The van der Waals surface area contributed by atoms with Crippen molar-refractivity contribution in [3.05, 3.63) is 71.3 Å². The van der Waals surface area contributed by atoms with Crippen LogP contribution >= 0.6 is 0 Å². The van der Waals surface area contributed by atoms with E-state index in [9.17, 15) is 10.2 Å². The summed E-state index contributed by atoms with van der Waals surface area (Å²) in [6.45, 7) is 2.98. The molecule has 1 saturated carbocycles. The first-order valence-electron chi connectivity index (χ1n) is 13.0. The van der Waals surface area contributed by atoms with Gasteiger partial charge in [-0.1, -0.05) is 48.6 Å². The highest BCUT2D eigenvalue weighted by atomic mass is 16.6. The van der Waals surface area contributed by atoms with E-state index in [2.05, 4.69) is 54.4 Å². The molecule has 2 fully saturated rings. The van der Waals surface area contributed by atoms with Gasteiger partial charge in [0, 0.05) is 30.0 Å². The third-order valence-electron chi connectivity index (χ3n) is 10.6. The standard InChI is InChI=1S/C30H35NO4/c1-27(33,12-11-19-7-5-4-6-8-19)22-18-28-13-14-30(22,34-3)26-29(28)15-16-31(2)23(28)17-20-9-10-21(32)25(35-26)24(20)29/h4-10,13-14,22-23,26,32-33H,11-12,15-18H2,1-3H3/t22-,23-,26?,27-,28+,29+,30-/m1/s1. The molecule has 184 valence electrons. The van der Waals surface area contributed by atoms with Crippen LogP contribution in [0.25, 0.3) is 0 Å². The van der Waals surface area contributed by atoms with Crippen LogP contribution in [0.15, 0.2) is 54.6 Å². The van der Waals surface area contributed by atoms with Gasteiger partial charge in [0.15, 0.2) is 11.5 Å². The van der Waals surface area contributed by atoms with E-state index in [4.69, 9.17) is 9.47 Å². The SMILES string of the molecule is CO[C@]12C=C[C@]3(C[C@@H]1[C@](C)(O)CCc1ccccc1)[C@H]1Cc4ccc(O)c5c4[C@@]3(CCN1C)C2O5. The molecular weight excluding hydrogens is 438 g/mol. The summed E-state index contributed by atoms with van der Waals surface area (Å²) in [7, 11) is 4.01. The van der Waals surface area contributed by atoms with Gasteiger partial charge in [0.1, 0.15) is 11.7 Å². The molecule has 2 spiro atoms. The van der Waals surface area contributed by atoms with Gasteiger partial charge < -0.3 is 24.6 Å². The first kappa shape index (κ1) is 21.9. The molecule has 2 aromatic carbocycles. The van der Waals surface area contributed by atoms with Gasteiger partial charge >= 0.3 is 0 Å². The summed E-state index contributed by atoms with van der Waals surface area (Å²) >= 11 is 0. The van der Waals surface area contributed by atoms with Crippen molar-refractivity contribution in [3.63, 3.8) is 0 Å². The molecule has 1 unspecified atom stereocenters. The number of benzene rings is 2. The van der Waals surface area contributed by atoms with E-state index in [0.29, 0.717) is 18.2 Å². The van der Waals surface area contributed by atoms with Crippen molar-refractivity contribution >= 4 is 0 Å². The summed E-state index contributed by atoms with van der Waals surface area (Å²) in [5.74, 6) is 0.742. The Hall–Kier alpha value is -2.34. The van der Waals surface area contributed by atoms with E-state index in [1.54, 1.807) is 13.2 Å². The number of phenolic OH excluding ortho intramolecular Hbond substituents is 1. The van der Waals surface area contributed by atoms with Crippen LogP contribution in [0.3, 0.4) is 0 Å². The van der Waals surface area contributed by atoms with Crippen LogP contribution in [0.4, 0.5) is 0 Å². The smallest absolute Gasteiger partial charge is 0.165 e. The lowest BCUT2D eigenvalue weighted by Crippen LogP contribution is -2.80. The van der Waals surface area contributed by atoms with Gasteiger partial charge in [-0.15, -0.1) is 0 Å². The average Bonchev–Trinajstić information content (AvgIpc) is 3.24. The summed E-state index contributed by atoms with van der Waals surface area (Å²) in [5, 5.41) is 23.0. The molecule has 2 heterocycles. The second kappa shape index (κ2) is 6.90. The number of piperidine rings is 1. The second-order valence-electron chi connectivity index (χ2n) is 11.9. The number of likely N-dealkylation sites (tertiary alicyclic amines) is 1. The fourth-order valence-corrected chi connectivity index (χ4v) is 8.98. The van der Waals surface area contributed by atoms with E-state index >= 15 is 0 Å². The zero-order valence-electron chi connectivity index (χ0n) is 20.8. The van der Waals surface area contributed by atoms with Gasteiger partial charge in [0.25, 0.3) is 0 Å². The van der Waals surface area contributed by atoms with Crippen LogP contribution in [0.2, 0.25) is 0 Å². The van der Waals surface area contributed by atoms with Crippen molar-refractivity contribution in [2.75, 3.05) is 20.7 Å². The Bertz CT molecular complexity index is 1220. The molecule has 2 aliphatic heterocycles. The Labute approximate surface area is 207 Å². The molecule has 2 aromatic rings. The van der Waals surface area contributed by atoms with Crippen LogP contribution < -0.4 is 4.74 Å². The van der Waals surface area contributed by atoms with Crippen molar-refractivity contribution in [3.8, 4) is 11.5 Å². The Morgan fingerprint density at radius 2 is 1.97 bits per heavy atom. The summed E-state index contributed by atoms with van der Waals surface area (Å²) in [6.07, 6.45) is 8.58. The van der Waals surface area contributed by atoms with Crippen LogP contribution in [0.1, 0.15) is 42.9 Å². The zero-order chi connectivity index (χ0) is 24.2. The fourth-order valence-electron chi connectivity index (χ4n) is 8.98. The normalized spacial score (nSPS) is 39.7. The molecule has 1 saturated heterocycles. The van der Waals surface area contributed by atoms with E-state index in [-0.39, 0.29) is 28.6 Å². The topological polar surface area (TPSA) is 62.2 Å². The van der Waals surface area contributed by atoms with Crippen LogP contribution in [0, 0.1) is 11.3 Å². The molecule has 0 radical (unpaired) electrons. The van der Waals surface area contributed by atoms with Gasteiger partial charge in [-0.3, -0.25) is 0 Å². The van der Waals surface area contributed by atoms with Crippen molar-refractivity contribution < 1.29 is 19.7 Å². The highest BCUT2D eigenvalue weighted by Gasteiger charge is 2.80. The Morgan fingerprint density at radius 1 is 1.17 bits per heavy atom. The highest BCUT2D eigenvalue weighted by Crippen LogP contribution is 2.75. The van der Waals surface area contributed by atoms with Gasteiger partial charge in [0.2, 0.25) is 0 Å². The van der Waals surface area contributed by atoms with Crippen molar-refractivity contribution in [2.24, 2.45) is 11.3 Å². The second-order valence-corrected chi connectivity index (χ2v) is 11.9. The highest BCUT2D eigenvalue weighted by molar-refractivity contribution is 5.65. The predicted molar refractivity (Wildman–Crippen MR) is 134 cm³/mol. The minimum atomic E-state index is -0.946. The molecule has 0 aromatic heterocycles. The first-order chi connectivity index (χ1) is 16.8. The Balaban J connectivity index is 1.38. The van der Waals surface area contributed by atoms with Gasteiger partial charge in [-0.25, -0.2) is 0 Å². The average molecular weight is 474 g/mol. The Morgan fingerprint density at radius 3 is 2.74 bits per heavy atom. The molecule has 6 aliphatic rings. The van der Waals surface area contributed by atoms with Gasteiger partial charge in [-0.2, -0.15) is 0 Å².